The van der Waals surface area contributed by atoms with E-state index in [4.69, 9.17) is 16.3 Å². The minimum absolute atomic E-state index is 0.0441. The minimum Gasteiger partial charge on any atom is -0.872 e. The van der Waals surface area contributed by atoms with Crippen LogP contribution in [-0.4, -0.2) is 56.0 Å². The van der Waals surface area contributed by atoms with Crippen molar-refractivity contribution >= 4 is 45.0 Å². The molecule has 8 heteroatoms. The van der Waals surface area contributed by atoms with E-state index in [1.807, 2.05) is 0 Å². The van der Waals surface area contributed by atoms with E-state index in [0.717, 1.165) is 17.6 Å². The van der Waals surface area contributed by atoms with Crippen LogP contribution in [0.1, 0.15) is 17.2 Å². The molecule has 0 aliphatic carbocycles. The summed E-state index contributed by atoms with van der Waals surface area (Å²) in [6.07, 6.45) is 0. The van der Waals surface area contributed by atoms with Gasteiger partial charge in [-0.05, 0) is 29.3 Å². The van der Waals surface area contributed by atoms with Gasteiger partial charge in [0.2, 0.25) is 5.78 Å². The van der Waals surface area contributed by atoms with Gasteiger partial charge in [0.15, 0.2) is 0 Å². The lowest BCUT2D eigenvalue weighted by Crippen LogP contribution is -3.14. The zero-order valence-electron chi connectivity index (χ0n) is 16.8. The third-order valence-electron chi connectivity index (χ3n) is 5.74. The molecular weight excluding hydrogens is 484 g/mol. The van der Waals surface area contributed by atoms with E-state index in [1.165, 1.54) is 9.80 Å². The number of hydrogen-bond donors (Lipinski definition) is 1. The molecule has 1 N–H and O–H groups in total. The first kappa shape index (κ1) is 22.0. The molecule has 6 nitrogen and oxygen atoms in total. The van der Waals surface area contributed by atoms with Crippen LogP contribution < -0.4 is 10.0 Å². The molecule has 2 aliphatic rings. The van der Waals surface area contributed by atoms with Crippen molar-refractivity contribution in [2.24, 2.45) is 0 Å². The molecular formula is C23H22BrClN2O4. The molecule has 0 saturated carbocycles. The van der Waals surface area contributed by atoms with Gasteiger partial charge >= 0.3 is 0 Å². The molecule has 2 fully saturated rings. The Bertz CT molecular complexity index is 1020. The number of quaternary nitrogens is 1. The number of carbonyl (C=O) groups is 2. The molecule has 1 atom stereocenters. The van der Waals surface area contributed by atoms with Gasteiger partial charge in [-0.3, -0.25) is 9.59 Å². The molecule has 2 aromatic rings. The molecule has 2 heterocycles. The van der Waals surface area contributed by atoms with E-state index < -0.39 is 23.5 Å². The van der Waals surface area contributed by atoms with E-state index in [1.54, 1.807) is 48.5 Å². The lowest BCUT2D eigenvalue weighted by Gasteiger charge is -2.30. The molecule has 31 heavy (non-hydrogen) atoms. The molecule has 0 bridgehead atoms. The van der Waals surface area contributed by atoms with Crippen molar-refractivity contribution in [1.29, 1.82) is 0 Å². The summed E-state index contributed by atoms with van der Waals surface area (Å²) in [6.45, 7) is 4.07. The fraction of sp³-hybridized carbons (Fsp3) is 0.304. The van der Waals surface area contributed by atoms with Crippen LogP contribution >= 0.6 is 27.5 Å². The highest BCUT2D eigenvalue weighted by atomic mass is 79.9. The molecule has 2 aromatic carbocycles. The third kappa shape index (κ3) is 4.55. The molecule has 162 valence electrons. The summed E-state index contributed by atoms with van der Waals surface area (Å²) >= 11 is 9.80. The number of likely N-dealkylation sites (tertiary alicyclic amines) is 1. The number of carbonyl (C=O) groups excluding carboxylic acids is 2. The number of amides is 1. The average molecular weight is 506 g/mol. The molecule has 1 unspecified atom stereocenters. The largest absolute Gasteiger partial charge is 0.872 e. The van der Waals surface area contributed by atoms with Gasteiger partial charge in [-0.25, -0.2) is 0 Å². The van der Waals surface area contributed by atoms with Gasteiger partial charge in [-0.1, -0.05) is 63.6 Å². The Kier molecular flexibility index (Phi) is 6.77. The highest BCUT2D eigenvalue weighted by molar-refractivity contribution is 9.10. The van der Waals surface area contributed by atoms with Gasteiger partial charge in [0, 0.05) is 15.1 Å². The summed E-state index contributed by atoms with van der Waals surface area (Å²) in [5, 5.41) is 13.8. The SMILES string of the molecule is O=C1C(=O)N(CC[NH+]2CCOCC2)C(c2ccccc2Cl)C1=C([O-])c1ccc(Br)cc1. The molecule has 0 radical (unpaired) electrons. The standard InChI is InChI=1S/C23H22BrClN2O4/c24-16-7-5-15(6-8-16)21(28)19-20(17-3-1-2-4-18(17)25)27(23(30)22(19)29)10-9-26-11-13-31-14-12-26/h1-8,20,28H,9-14H2. The maximum Gasteiger partial charge on any atom is 0.295 e. The number of halogens is 2. The van der Waals surface area contributed by atoms with E-state index in [0.29, 0.717) is 42.5 Å². The minimum atomic E-state index is -0.801. The summed E-state index contributed by atoms with van der Waals surface area (Å²) in [5.41, 5.74) is 0.898. The van der Waals surface area contributed by atoms with Crippen molar-refractivity contribution in [2.45, 2.75) is 6.04 Å². The molecule has 4 rings (SSSR count). The van der Waals surface area contributed by atoms with E-state index in [9.17, 15) is 14.7 Å². The second-order valence-corrected chi connectivity index (χ2v) is 8.94. The fourth-order valence-corrected chi connectivity index (χ4v) is 4.57. The van der Waals surface area contributed by atoms with E-state index in [-0.39, 0.29) is 5.57 Å². The number of nitrogens with zero attached hydrogens (tertiary/aromatic N) is 1. The van der Waals surface area contributed by atoms with Crippen molar-refractivity contribution < 1.29 is 24.3 Å². The zero-order chi connectivity index (χ0) is 22.0. The molecule has 1 amide bonds. The summed E-state index contributed by atoms with van der Waals surface area (Å²) in [4.78, 5) is 28.8. The van der Waals surface area contributed by atoms with Crippen LogP contribution in [0.3, 0.4) is 0 Å². The molecule has 2 aliphatic heterocycles. The Morgan fingerprint density at radius 2 is 1.81 bits per heavy atom. The van der Waals surface area contributed by atoms with Gasteiger partial charge in [0.05, 0.1) is 32.3 Å². The molecule has 2 saturated heterocycles. The number of rotatable bonds is 5. The quantitative estimate of drug-likeness (QED) is 0.377. The van der Waals surface area contributed by atoms with Gasteiger partial charge in [-0.2, -0.15) is 0 Å². The topological polar surface area (TPSA) is 74.1 Å². The van der Waals surface area contributed by atoms with Crippen LogP contribution in [0.15, 0.2) is 58.6 Å². The van der Waals surface area contributed by atoms with E-state index >= 15 is 0 Å². The maximum absolute atomic E-state index is 13.3. The van der Waals surface area contributed by atoms with Crippen molar-refractivity contribution in [3.63, 3.8) is 0 Å². The normalized spacial score (nSPS) is 21.6. The van der Waals surface area contributed by atoms with Crippen LogP contribution in [0.5, 0.6) is 0 Å². The summed E-state index contributed by atoms with van der Waals surface area (Å²) < 4.78 is 6.22. The number of benzene rings is 2. The van der Waals surface area contributed by atoms with Gasteiger partial charge in [-0.15, -0.1) is 0 Å². The van der Waals surface area contributed by atoms with Gasteiger partial charge in [0.1, 0.15) is 13.1 Å². The van der Waals surface area contributed by atoms with Crippen LogP contribution in [0.25, 0.3) is 5.76 Å². The van der Waals surface area contributed by atoms with Crippen molar-refractivity contribution in [2.75, 3.05) is 39.4 Å². The zero-order valence-corrected chi connectivity index (χ0v) is 19.1. The van der Waals surface area contributed by atoms with Crippen LogP contribution in [-0.2, 0) is 14.3 Å². The monoisotopic (exact) mass is 504 g/mol. The van der Waals surface area contributed by atoms with Gasteiger partial charge in [0.25, 0.3) is 5.91 Å². The first-order valence-corrected chi connectivity index (χ1v) is 11.3. The van der Waals surface area contributed by atoms with Gasteiger partial charge < -0.3 is 19.6 Å². The average Bonchev–Trinajstić information content (AvgIpc) is 3.03. The van der Waals surface area contributed by atoms with Crippen molar-refractivity contribution in [3.05, 3.63) is 74.7 Å². The van der Waals surface area contributed by atoms with Crippen LogP contribution in [0, 0.1) is 0 Å². The number of Topliss-reactive ketones (excluding diaryl/α,β-unsaturated/α-hetero) is 1. The molecule has 0 spiro atoms. The van der Waals surface area contributed by atoms with E-state index in [2.05, 4.69) is 15.9 Å². The highest BCUT2D eigenvalue weighted by Crippen LogP contribution is 2.40. The number of nitrogens with one attached hydrogen (secondary N) is 1. The first-order valence-electron chi connectivity index (χ1n) is 10.2. The molecule has 0 aromatic heterocycles. The number of ether oxygens (including phenoxy) is 1. The second-order valence-electron chi connectivity index (χ2n) is 7.61. The van der Waals surface area contributed by atoms with Crippen molar-refractivity contribution in [1.82, 2.24) is 4.90 Å². The smallest absolute Gasteiger partial charge is 0.295 e. The number of morpholine rings is 1. The summed E-state index contributed by atoms with van der Waals surface area (Å²) in [6, 6.07) is 13.0. The third-order valence-corrected chi connectivity index (χ3v) is 6.61. The Hall–Kier alpha value is -2.19. The Morgan fingerprint density at radius 3 is 2.48 bits per heavy atom. The summed E-state index contributed by atoms with van der Waals surface area (Å²) in [5.74, 6) is -1.86. The number of ketones is 1. The Morgan fingerprint density at radius 1 is 1.13 bits per heavy atom. The van der Waals surface area contributed by atoms with Crippen LogP contribution in [0.4, 0.5) is 0 Å². The highest BCUT2D eigenvalue weighted by Gasteiger charge is 2.45. The second kappa shape index (κ2) is 9.53. The van der Waals surface area contributed by atoms with Crippen LogP contribution in [0.2, 0.25) is 5.02 Å². The lowest BCUT2D eigenvalue weighted by molar-refractivity contribution is -0.907. The van der Waals surface area contributed by atoms with Crippen molar-refractivity contribution in [3.8, 4) is 0 Å². The maximum atomic E-state index is 13.3. The Balaban J connectivity index is 1.75. The first-order chi connectivity index (χ1) is 15.0. The fourth-order valence-electron chi connectivity index (χ4n) is 4.07. The lowest BCUT2D eigenvalue weighted by atomic mass is 9.95. The predicted molar refractivity (Wildman–Crippen MR) is 118 cm³/mol. The summed E-state index contributed by atoms with van der Waals surface area (Å²) in [7, 11) is 0. The predicted octanol–water partition coefficient (Wildman–Crippen LogP) is 1.24. The Labute approximate surface area is 194 Å². The number of hydrogen-bond acceptors (Lipinski definition) is 4.